The highest BCUT2D eigenvalue weighted by Gasteiger charge is 2.19. The molecule has 242 valence electrons. The van der Waals surface area contributed by atoms with Crippen molar-refractivity contribution in [2.75, 3.05) is 4.90 Å². The number of hydrogen-bond acceptors (Lipinski definition) is 2. The Labute approximate surface area is 296 Å². The van der Waals surface area contributed by atoms with Crippen molar-refractivity contribution >= 4 is 56.0 Å². The highest BCUT2D eigenvalue weighted by Crippen LogP contribution is 2.40. The lowest BCUT2D eigenvalue weighted by molar-refractivity contribution is 0.669. The third-order valence-corrected chi connectivity index (χ3v) is 10.3. The van der Waals surface area contributed by atoms with Crippen LogP contribution in [0.3, 0.4) is 0 Å². The highest BCUT2D eigenvalue weighted by molar-refractivity contribution is 6.06. The topological polar surface area (TPSA) is 21.3 Å². The van der Waals surface area contributed by atoms with Crippen molar-refractivity contribution in [2.45, 2.75) is 12.8 Å². The van der Waals surface area contributed by atoms with Gasteiger partial charge in [0.1, 0.15) is 11.2 Å². The normalized spacial score (nSPS) is 12.5. The molecule has 0 spiro atoms. The van der Waals surface area contributed by atoms with Gasteiger partial charge >= 0.3 is 0 Å². The van der Waals surface area contributed by atoms with Crippen LogP contribution in [0.25, 0.3) is 66.9 Å². The van der Waals surface area contributed by atoms with Gasteiger partial charge in [0.15, 0.2) is 0 Å². The third-order valence-electron chi connectivity index (χ3n) is 10.3. The van der Waals surface area contributed by atoms with Crippen LogP contribution in [0.15, 0.2) is 180 Å². The fourth-order valence-electron chi connectivity index (χ4n) is 7.81. The maximum atomic E-state index is 6.33. The Balaban J connectivity index is 1.02. The first-order valence-electron chi connectivity index (χ1n) is 17.7. The Morgan fingerprint density at radius 2 is 1.04 bits per heavy atom. The van der Waals surface area contributed by atoms with E-state index in [4.69, 9.17) is 4.42 Å². The van der Waals surface area contributed by atoms with E-state index in [0.717, 1.165) is 51.8 Å². The molecule has 7 aromatic carbocycles. The van der Waals surface area contributed by atoms with Crippen molar-refractivity contribution in [3.63, 3.8) is 0 Å². The molecule has 2 aromatic heterocycles. The van der Waals surface area contributed by atoms with E-state index in [1.54, 1.807) is 0 Å². The lowest BCUT2D eigenvalue weighted by Crippen LogP contribution is -2.09. The molecule has 3 heteroatoms. The van der Waals surface area contributed by atoms with Gasteiger partial charge in [-0.15, -0.1) is 0 Å². The van der Waals surface area contributed by atoms with Crippen molar-refractivity contribution in [2.24, 2.45) is 0 Å². The molecule has 0 amide bonds. The predicted octanol–water partition coefficient (Wildman–Crippen LogP) is 13.3. The molecule has 0 aliphatic heterocycles. The number of benzene rings is 7. The molecule has 0 radical (unpaired) electrons. The standard InChI is InChI=1S/C48H34N2O/c1-2-10-33(11-3-1)34-18-24-37(25-19-34)49(40-30-31-44-43-14-6-9-17-47(43)51-48(44)32-40)38-26-20-35(21-27-38)36-22-28-39(29-23-36)50-45-15-7-4-12-41(45)42-13-5-8-16-46(42)50/h1-4,6-12,14-32H,5,13H2. The average Bonchev–Trinajstić information content (AvgIpc) is 3.74. The third kappa shape index (κ3) is 5.05. The number of hydrogen-bond donors (Lipinski definition) is 0. The van der Waals surface area contributed by atoms with Crippen LogP contribution in [0, 0.1) is 0 Å². The molecule has 2 heterocycles. The van der Waals surface area contributed by atoms with Gasteiger partial charge in [0, 0.05) is 50.7 Å². The first-order valence-corrected chi connectivity index (χ1v) is 17.7. The van der Waals surface area contributed by atoms with Crippen molar-refractivity contribution < 1.29 is 4.42 Å². The van der Waals surface area contributed by atoms with E-state index in [1.807, 2.05) is 12.1 Å². The fourth-order valence-corrected chi connectivity index (χ4v) is 7.81. The summed E-state index contributed by atoms with van der Waals surface area (Å²) in [7, 11) is 0. The van der Waals surface area contributed by atoms with Crippen LogP contribution in [-0.2, 0) is 6.42 Å². The smallest absolute Gasteiger partial charge is 0.137 e. The molecule has 51 heavy (non-hydrogen) atoms. The maximum Gasteiger partial charge on any atom is 0.137 e. The summed E-state index contributed by atoms with van der Waals surface area (Å²) in [4.78, 5) is 2.31. The van der Waals surface area contributed by atoms with Crippen LogP contribution < -0.4 is 4.90 Å². The fraction of sp³-hybridized carbons (Fsp3) is 0.0417. The minimum absolute atomic E-state index is 0.878. The Kier molecular flexibility index (Phi) is 6.95. The summed E-state index contributed by atoms with van der Waals surface area (Å²) in [5.41, 5.74) is 15.0. The maximum absolute atomic E-state index is 6.33. The van der Waals surface area contributed by atoms with Gasteiger partial charge in [0.05, 0.1) is 5.52 Å². The monoisotopic (exact) mass is 654 g/mol. The molecule has 9 aromatic rings. The Hall–Kier alpha value is -6.58. The van der Waals surface area contributed by atoms with Gasteiger partial charge < -0.3 is 13.9 Å². The lowest BCUT2D eigenvalue weighted by atomic mass is 10.0. The van der Waals surface area contributed by atoms with E-state index < -0.39 is 0 Å². The summed E-state index contributed by atoms with van der Waals surface area (Å²) in [6.07, 6.45) is 6.77. The van der Waals surface area contributed by atoms with Gasteiger partial charge in [-0.2, -0.15) is 0 Å². The van der Waals surface area contributed by atoms with Gasteiger partial charge in [-0.05, 0) is 107 Å². The number of rotatable bonds is 6. The van der Waals surface area contributed by atoms with Crippen LogP contribution in [-0.4, -0.2) is 4.57 Å². The Morgan fingerprint density at radius 1 is 0.471 bits per heavy atom. The van der Waals surface area contributed by atoms with Crippen molar-refractivity contribution in [1.82, 2.24) is 4.57 Å². The zero-order valence-electron chi connectivity index (χ0n) is 28.0. The van der Waals surface area contributed by atoms with E-state index in [1.165, 1.54) is 50.1 Å². The number of aryl methyl sites for hydroxylation is 1. The molecule has 0 N–H and O–H groups in total. The Bertz CT molecular complexity index is 2710. The van der Waals surface area contributed by atoms with Crippen LogP contribution in [0.5, 0.6) is 0 Å². The predicted molar refractivity (Wildman–Crippen MR) is 213 cm³/mol. The van der Waals surface area contributed by atoms with E-state index in [9.17, 15) is 0 Å². The van der Waals surface area contributed by atoms with E-state index in [-0.39, 0.29) is 0 Å². The molecule has 0 saturated heterocycles. The molecule has 1 aliphatic rings. The molecule has 0 saturated carbocycles. The van der Waals surface area contributed by atoms with E-state index in [2.05, 4.69) is 179 Å². The second-order valence-corrected chi connectivity index (χ2v) is 13.3. The largest absolute Gasteiger partial charge is 0.456 e. The zero-order chi connectivity index (χ0) is 33.7. The number of aromatic nitrogens is 1. The zero-order valence-corrected chi connectivity index (χ0v) is 28.0. The summed E-state index contributed by atoms with van der Waals surface area (Å²) >= 11 is 0. The number of fused-ring (bicyclic) bond motifs is 6. The number of furan rings is 1. The van der Waals surface area contributed by atoms with Crippen LogP contribution >= 0.6 is 0 Å². The van der Waals surface area contributed by atoms with Gasteiger partial charge in [-0.25, -0.2) is 0 Å². The number of para-hydroxylation sites is 2. The van der Waals surface area contributed by atoms with Crippen molar-refractivity contribution in [3.05, 3.63) is 187 Å². The number of nitrogens with zero attached hydrogens (tertiary/aromatic N) is 2. The molecule has 0 bridgehead atoms. The lowest BCUT2D eigenvalue weighted by Gasteiger charge is -2.26. The van der Waals surface area contributed by atoms with Gasteiger partial charge in [0.25, 0.3) is 0 Å². The SMILES string of the molecule is C1=Cc2c(c3ccccc3n2-c2ccc(-c3ccc(N(c4ccc(-c5ccccc5)cc4)c4ccc5c(c4)oc4ccccc45)cc3)cc2)CC1. The quantitative estimate of drug-likeness (QED) is 0.178. The minimum Gasteiger partial charge on any atom is -0.456 e. The van der Waals surface area contributed by atoms with Crippen LogP contribution in [0.2, 0.25) is 0 Å². The van der Waals surface area contributed by atoms with Crippen LogP contribution in [0.1, 0.15) is 17.7 Å². The van der Waals surface area contributed by atoms with E-state index >= 15 is 0 Å². The number of allylic oxidation sites excluding steroid dienone is 1. The van der Waals surface area contributed by atoms with E-state index in [0.29, 0.717) is 0 Å². The first kappa shape index (κ1) is 29.3. The van der Waals surface area contributed by atoms with Crippen molar-refractivity contribution in [1.29, 1.82) is 0 Å². The second-order valence-electron chi connectivity index (χ2n) is 13.3. The average molecular weight is 655 g/mol. The summed E-state index contributed by atoms with van der Waals surface area (Å²) in [5.74, 6) is 0. The molecule has 0 atom stereocenters. The molecular weight excluding hydrogens is 621 g/mol. The molecule has 1 aliphatic carbocycles. The van der Waals surface area contributed by atoms with Crippen molar-refractivity contribution in [3.8, 4) is 27.9 Å². The summed E-state index contributed by atoms with van der Waals surface area (Å²) in [6.45, 7) is 0. The summed E-state index contributed by atoms with van der Waals surface area (Å²) < 4.78 is 8.74. The molecular formula is C48H34N2O. The molecule has 0 unspecified atom stereocenters. The second kappa shape index (κ2) is 12.1. The molecule has 0 fully saturated rings. The van der Waals surface area contributed by atoms with Gasteiger partial charge in [0.2, 0.25) is 0 Å². The summed E-state index contributed by atoms with van der Waals surface area (Å²) in [6, 6.07) is 60.8. The molecule has 3 nitrogen and oxygen atoms in total. The van der Waals surface area contributed by atoms with Gasteiger partial charge in [-0.1, -0.05) is 109 Å². The number of anilines is 3. The Morgan fingerprint density at radius 3 is 1.76 bits per heavy atom. The highest BCUT2D eigenvalue weighted by atomic mass is 16.3. The first-order chi connectivity index (χ1) is 25.3. The van der Waals surface area contributed by atoms with Gasteiger partial charge in [-0.3, -0.25) is 0 Å². The van der Waals surface area contributed by atoms with Crippen LogP contribution in [0.4, 0.5) is 17.1 Å². The summed E-state index contributed by atoms with van der Waals surface area (Å²) in [5, 5.41) is 3.61. The minimum atomic E-state index is 0.878. The molecule has 10 rings (SSSR count).